The lowest BCUT2D eigenvalue weighted by Crippen LogP contribution is -2.47. The lowest BCUT2D eigenvalue weighted by atomic mass is 9.95. The molecule has 2 heterocycles. The number of amides is 3. The molecule has 1 aromatic heterocycles. The Bertz CT molecular complexity index is 1140. The number of halogens is 3. The number of carbonyl (C=O) groups excluding carboxylic acids is 2. The van der Waals surface area contributed by atoms with Crippen molar-refractivity contribution >= 4 is 17.6 Å². The summed E-state index contributed by atoms with van der Waals surface area (Å²) in [4.78, 5) is 33.1. The molecule has 212 valence electrons. The van der Waals surface area contributed by atoms with Crippen LogP contribution < -0.4 is 16.0 Å². The van der Waals surface area contributed by atoms with Gasteiger partial charge in [0.1, 0.15) is 0 Å². The SMILES string of the molecule is CNCCN(Cc1ncccc1C(F)(F)F)C(=O)CNc1cccc2c1CCN(C(=O)NC1CCCCC1)C2. The Morgan fingerprint density at radius 3 is 2.67 bits per heavy atom. The van der Waals surface area contributed by atoms with Gasteiger partial charge in [-0.3, -0.25) is 9.78 Å². The van der Waals surface area contributed by atoms with Gasteiger partial charge in [0.05, 0.1) is 24.3 Å². The zero-order chi connectivity index (χ0) is 27.8. The van der Waals surface area contributed by atoms with Crippen LogP contribution in [-0.4, -0.2) is 66.0 Å². The van der Waals surface area contributed by atoms with Gasteiger partial charge in [-0.05, 0) is 55.6 Å². The van der Waals surface area contributed by atoms with Gasteiger partial charge in [-0.25, -0.2) is 4.79 Å². The molecular weight excluding hydrogens is 509 g/mol. The Balaban J connectivity index is 1.39. The van der Waals surface area contributed by atoms with E-state index in [0.29, 0.717) is 26.1 Å². The molecule has 1 aliphatic heterocycles. The van der Waals surface area contributed by atoms with Crippen molar-refractivity contribution < 1.29 is 22.8 Å². The minimum Gasteiger partial charge on any atom is -0.376 e. The molecule has 2 aromatic rings. The molecule has 0 bridgehead atoms. The molecule has 4 rings (SSSR count). The number of pyridine rings is 1. The van der Waals surface area contributed by atoms with Crippen LogP contribution >= 0.6 is 0 Å². The number of aromatic nitrogens is 1. The maximum absolute atomic E-state index is 13.5. The Labute approximate surface area is 227 Å². The van der Waals surface area contributed by atoms with Crippen LogP contribution in [0.15, 0.2) is 36.5 Å². The molecule has 39 heavy (non-hydrogen) atoms. The monoisotopic (exact) mass is 546 g/mol. The summed E-state index contributed by atoms with van der Waals surface area (Å²) in [5.74, 6) is -0.328. The predicted octanol–water partition coefficient (Wildman–Crippen LogP) is 4.16. The highest BCUT2D eigenvalue weighted by molar-refractivity contribution is 5.81. The zero-order valence-electron chi connectivity index (χ0n) is 22.3. The molecule has 0 spiro atoms. The van der Waals surface area contributed by atoms with Gasteiger partial charge in [-0.1, -0.05) is 31.4 Å². The first-order valence-corrected chi connectivity index (χ1v) is 13.6. The molecule has 1 fully saturated rings. The molecule has 3 amide bonds. The van der Waals surface area contributed by atoms with Crippen LogP contribution in [0.5, 0.6) is 0 Å². The van der Waals surface area contributed by atoms with Gasteiger partial charge in [0.2, 0.25) is 5.91 Å². The number of nitrogens with zero attached hydrogens (tertiary/aromatic N) is 3. The summed E-state index contributed by atoms with van der Waals surface area (Å²) in [6.45, 7) is 1.43. The topological polar surface area (TPSA) is 89.6 Å². The number of hydrogen-bond donors (Lipinski definition) is 3. The first-order chi connectivity index (χ1) is 18.8. The average molecular weight is 547 g/mol. The minimum absolute atomic E-state index is 0.0333. The van der Waals surface area contributed by atoms with Gasteiger partial charge in [0, 0.05) is 44.1 Å². The molecule has 0 unspecified atom stereocenters. The summed E-state index contributed by atoms with van der Waals surface area (Å²) in [5.41, 5.74) is 1.86. The van der Waals surface area contributed by atoms with E-state index >= 15 is 0 Å². The minimum atomic E-state index is -4.55. The Kier molecular flexibility index (Phi) is 9.66. The van der Waals surface area contributed by atoms with Gasteiger partial charge in [-0.15, -0.1) is 0 Å². The van der Waals surface area contributed by atoms with Crippen molar-refractivity contribution in [2.75, 3.05) is 38.5 Å². The van der Waals surface area contributed by atoms with Gasteiger partial charge < -0.3 is 25.8 Å². The maximum atomic E-state index is 13.5. The van der Waals surface area contributed by atoms with Crippen LogP contribution in [0.3, 0.4) is 0 Å². The molecule has 0 saturated heterocycles. The van der Waals surface area contributed by atoms with E-state index in [1.54, 1.807) is 7.05 Å². The first-order valence-electron chi connectivity index (χ1n) is 13.6. The smallest absolute Gasteiger partial charge is 0.376 e. The number of hydrogen-bond acceptors (Lipinski definition) is 5. The second-order valence-corrected chi connectivity index (χ2v) is 10.2. The molecule has 0 atom stereocenters. The Morgan fingerprint density at radius 2 is 1.92 bits per heavy atom. The lowest BCUT2D eigenvalue weighted by Gasteiger charge is -2.32. The summed E-state index contributed by atoms with van der Waals surface area (Å²) in [5, 5.41) is 9.32. The van der Waals surface area contributed by atoms with E-state index in [1.165, 1.54) is 23.6 Å². The van der Waals surface area contributed by atoms with Crippen LogP contribution in [0.4, 0.5) is 23.7 Å². The van der Waals surface area contributed by atoms with Crippen LogP contribution in [0, 0.1) is 0 Å². The van der Waals surface area contributed by atoms with Crippen molar-refractivity contribution in [2.45, 2.75) is 63.8 Å². The van der Waals surface area contributed by atoms with Crippen LogP contribution in [0.25, 0.3) is 0 Å². The molecule has 1 saturated carbocycles. The van der Waals surface area contributed by atoms with E-state index in [9.17, 15) is 22.8 Å². The summed E-state index contributed by atoms with van der Waals surface area (Å²) >= 11 is 0. The quantitative estimate of drug-likeness (QED) is 0.440. The molecule has 0 radical (unpaired) electrons. The molecule has 3 N–H and O–H groups in total. The number of benzene rings is 1. The molecule has 2 aliphatic rings. The fraction of sp³-hybridized carbons (Fsp3) is 0.536. The average Bonchev–Trinajstić information content (AvgIpc) is 2.93. The second-order valence-electron chi connectivity index (χ2n) is 10.2. The molecule has 1 aromatic carbocycles. The van der Waals surface area contributed by atoms with E-state index in [2.05, 4.69) is 20.9 Å². The van der Waals surface area contributed by atoms with Gasteiger partial charge in [-0.2, -0.15) is 13.2 Å². The number of alkyl halides is 3. The van der Waals surface area contributed by atoms with Crippen LogP contribution in [-0.2, 0) is 30.5 Å². The maximum Gasteiger partial charge on any atom is 0.418 e. The summed E-state index contributed by atoms with van der Waals surface area (Å²) in [6, 6.07) is 8.20. The number of likely N-dealkylation sites (N-methyl/N-ethyl adjacent to an activating group) is 1. The van der Waals surface area contributed by atoms with Crippen molar-refractivity contribution in [1.82, 2.24) is 25.4 Å². The summed E-state index contributed by atoms with van der Waals surface area (Å²) in [6.07, 6.45) is 2.99. The van der Waals surface area contributed by atoms with E-state index in [1.807, 2.05) is 23.1 Å². The van der Waals surface area contributed by atoms with Crippen molar-refractivity contribution in [3.8, 4) is 0 Å². The van der Waals surface area contributed by atoms with E-state index in [-0.39, 0.29) is 43.3 Å². The summed E-state index contributed by atoms with van der Waals surface area (Å²) in [7, 11) is 1.72. The van der Waals surface area contributed by atoms with Gasteiger partial charge >= 0.3 is 12.2 Å². The fourth-order valence-electron chi connectivity index (χ4n) is 5.29. The van der Waals surface area contributed by atoms with Gasteiger partial charge in [0.25, 0.3) is 0 Å². The largest absolute Gasteiger partial charge is 0.418 e. The van der Waals surface area contributed by atoms with Crippen molar-refractivity contribution in [1.29, 1.82) is 0 Å². The highest BCUT2D eigenvalue weighted by atomic mass is 19.4. The number of rotatable bonds is 9. The van der Waals surface area contributed by atoms with Gasteiger partial charge in [0.15, 0.2) is 0 Å². The normalized spacial score (nSPS) is 15.9. The van der Waals surface area contributed by atoms with Crippen molar-refractivity contribution in [2.24, 2.45) is 0 Å². The Morgan fingerprint density at radius 1 is 1.13 bits per heavy atom. The molecule has 8 nitrogen and oxygen atoms in total. The van der Waals surface area contributed by atoms with Crippen molar-refractivity contribution in [3.63, 3.8) is 0 Å². The van der Waals surface area contributed by atoms with Crippen LogP contribution in [0.1, 0.15) is 54.5 Å². The fourth-order valence-corrected chi connectivity index (χ4v) is 5.29. The first kappa shape index (κ1) is 28.7. The molecule has 11 heteroatoms. The van der Waals surface area contributed by atoms with E-state index < -0.39 is 11.7 Å². The highest BCUT2D eigenvalue weighted by Crippen LogP contribution is 2.31. The number of fused-ring (bicyclic) bond motifs is 1. The third-order valence-corrected chi connectivity index (χ3v) is 7.44. The zero-order valence-corrected chi connectivity index (χ0v) is 22.3. The molecule has 1 aliphatic carbocycles. The standard InChI is InChI=1S/C28H37F3N6O2/c1-32-14-16-36(19-25-23(28(29,30)31)10-6-13-33-25)26(38)17-34-24-11-5-7-20-18-37(15-12-22(20)24)27(39)35-21-8-3-2-4-9-21/h5-7,10-11,13,21,32,34H,2-4,8-9,12,14-19H2,1H3,(H,35,39). The third-order valence-electron chi connectivity index (χ3n) is 7.44. The van der Waals surface area contributed by atoms with E-state index in [4.69, 9.17) is 0 Å². The second kappa shape index (κ2) is 13.1. The van der Waals surface area contributed by atoms with Crippen molar-refractivity contribution in [3.05, 3.63) is 58.9 Å². The van der Waals surface area contributed by atoms with E-state index in [0.717, 1.165) is 48.6 Å². The lowest BCUT2D eigenvalue weighted by molar-refractivity contribution is -0.140. The number of urea groups is 1. The summed E-state index contributed by atoms with van der Waals surface area (Å²) < 4.78 is 40.4. The number of nitrogens with one attached hydrogen (secondary N) is 3. The predicted molar refractivity (Wildman–Crippen MR) is 143 cm³/mol. The Hall–Kier alpha value is -3.34. The highest BCUT2D eigenvalue weighted by Gasteiger charge is 2.34. The third kappa shape index (κ3) is 7.62. The number of carbonyl (C=O) groups is 2. The van der Waals surface area contributed by atoms with Crippen LogP contribution in [0.2, 0.25) is 0 Å². The number of anilines is 1. The molecular formula is C28H37F3N6O2.